The van der Waals surface area contributed by atoms with Gasteiger partial charge in [-0.05, 0) is 24.3 Å². The van der Waals surface area contributed by atoms with Crippen LogP contribution in [0.2, 0.25) is 0 Å². The maximum atomic E-state index is 11.9. The highest BCUT2D eigenvalue weighted by atomic mass is 32.2. The molecular formula is C14H23N3O5S. The zero-order chi connectivity index (χ0) is 17.7. The highest BCUT2D eigenvalue weighted by molar-refractivity contribution is 7.92. The van der Waals surface area contributed by atoms with Gasteiger partial charge in [-0.2, -0.15) is 0 Å². The fourth-order valence-electron chi connectivity index (χ4n) is 1.63. The molecule has 0 spiro atoms. The molecule has 0 saturated heterocycles. The number of hydrogen-bond donors (Lipinski definition) is 5. The van der Waals surface area contributed by atoms with Crippen LogP contribution in [0.15, 0.2) is 24.3 Å². The van der Waals surface area contributed by atoms with E-state index in [1.165, 1.54) is 26.0 Å². The first-order valence-corrected chi connectivity index (χ1v) is 8.65. The van der Waals surface area contributed by atoms with Gasteiger partial charge < -0.3 is 21.3 Å². The molecule has 9 heteroatoms. The number of carbonyl (C=O) groups excluding carboxylic acids is 1. The molecule has 1 amide bonds. The summed E-state index contributed by atoms with van der Waals surface area (Å²) in [6.07, 6.45) is -1.43. The van der Waals surface area contributed by atoms with Crippen LogP contribution in [0.3, 0.4) is 0 Å². The molecule has 0 aliphatic rings. The fourth-order valence-corrected chi connectivity index (χ4v) is 2.60. The molecule has 1 rings (SSSR count). The largest absolute Gasteiger partial charge is 0.399 e. The van der Waals surface area contributed by atoms with Crippen molar-refractivity contribution in [2.45, 2.75) is 20.0 Å². The van der Waals surface area contributed by atoms with E-state index in [9.17, 15) is 18.3 Å². The summed E-state index contributed by atoms with van der Waals surface area (Å²) in [6, 6.07) is 6.18. The number of nitrogen functional groups attached to an aromatic ring is 1. The second-order valence-corrected chi connectivity index (χ2v) is 7.73. The molecule has 1 atom stereocenters. The van der Waals surface area contributed by atoms with Crippen LogP contribution >= 0.6 is 0 Å². The monoisotopic (exact) mass is 345 g/mol. The van der Waals surface area contributed by atoms with Crippen molar-refractivity contribution in [2.24, 2.45) is 5.41 Å². The number of nitrogens with two attached hydrogens (primary N) is 1. The number of sulfonamides is 1. The smallest absolute Gasteiger partial charge is 0.249 e. The minimum atomic E-state index is -3.65. The van der Waals surface area contributed by atoms with Gasteiger partial charge in [-0.3, -0.25) is 9.52 Å². The number of aliphatic hydroxyl groups is 2. The summed E-state index contributed by atoms with van der Waals surface area (Å²) in [5.41, 5.74) is 5.39. The molecule has 130 valence electrons. The lowest BCUT2D eigenvalue weighted by Crippen LogP contribution is -2.46. The standard InChI is InChI=1S/C14H23N3O5S/c1-14(2,9-18)12(19)13(20)16-7-8-23(21,22)17-11-5-3-10(15)4-6-11/h3-6,12,17-19H,7-9,15H2,1-2H3,(H,16,20)/t12-/m1/s1. The maximum absolute atomic E-state index is 11.9. The van der Waals surface area contributed by atoms with E-state index < -0.39 is 27.4 Å². The third-order valence-corrected chi connectivity index (χ3v) is 4.54. The van der Waals surface area contributed by atoms with E-state index >= 15 is 0 Å². The summed E-state index contributed by atoms with van der Waals surface area (Å²) < 4.78 is 26.1. The Hall–Kier alpha value is -1.84. The van der Waals surface area contributed by atoms with Gasteiger partial charge in [-0.15, -0.1) is 0 Å². The Kier molecular flexibility index (Phi) is 6.37. The molecular weight excluding hydrogens is 322 g/mol. The van der Waals surface area contributed by atoms with Crippen LogP contribution in [0.5, 0.6) is 0 Å². The zero-order valence-electron chi connectivity index (χ0n) is 13.1. The second-order valence-electron chi connectivity index (χ2n) is 5.88. The van der Waals surface area contributed by atoms with Crippen LogP contribution < -0.4 is 15.8 Å². The van der Waals surface area contributed by atoms with Gasteiger partial charge in [-0.1, -0.05) is 13.8 Å². The second kappa shape index (κ2) is 7.62. The van der Waals surface area contributed by atoms with Crippen molar-refractivity contribution in [2.75, 3.05) is 29.4 Å². The number of hydrogen-bond acceptors (Lipinski definition) is 6. The molecule has 0 aromatic heterocycles. The quantitative estimate of drug-likeness (QED) is 0.402. The van der Waals surface area contributed by atoms with E-state index in [1.807, 2.05) is 0 Å². The third kappa shape index (κ3) is 6.05. The first kappa shape index (κ1) is 19.2. The predicted octanol–water partition coefficient (Wildman–Crippen LogP) is -0.494. The lowest BCUT2D eigenvalue weighted by atomic mass is 9.87. The molecule has 0 aliphatic carbocycles. The number of amides is 1. The molecule has 0 unspecified atom stereocenters. The van der Waals surface area contributed by atoms with E-state index in [4.69, 9.17) is 10.8 Å². The molecule has 0 fully saturated rings. The number of nitrogens with one attached hydrogen (secondary N) is 2. The van der Waals surface area contributed by atoms with Gasteiger partial charge in [0.2, 0.25) is 15.9 Å². The summed E-state index contributed by atoms with van der Waals surface area (Å²) in [5.74, 6) is -1.08. The molecule has 23 heavy (non-hydrogen) atoms. The van der Waals surface area contributed by atoms with Crippen molar-refractivity contribution in [1.82, 2.24) is 5.32 Å². The molecule has 0 saturated carbocycles. The summed E-state index contributed by atoms with van der Waals surface area (Å²) in [7, 11) is -3.65. The first-order chi connectivity index (χ1) is 10.6. The Morgan fingerprint density at radius 3 is 2.39 bits per heavy atom. The SMILES string of the molecule is CC(C)(CO)[C@H](O)C(=O)NCCS(=O)(=O)Nc1ccc(N)cc1. The van der Waals surface area contributed by atoms with Gasteiger partial charge >= 0.3 is 0 Å². The zero-order valence-corrected chi connectivity index (χ0v) is 13.9. The fraction of sp³-hybridized carbons (Fsp3) is 0.500. The highest BCUT2D eigenvalue weighted by Crippen LogP contribution is 2.19. The normalized spacial score (nSPS) is 13.4. The van der Waals surface area contributed by atoms with Gasteiger partial charge in [0.15, 0.2) is 0 Å². The number of benzene rings is 1. The average Bonchev–Trinajstić information content (AvgIpc) is 2.48. The lowest BCUT2D eigenvalue weighted by molar-refractivity contribution is -0.136. The molecule has 0 heterocycles. The van der Waals surface area contributed by atoms with Gasteiger partial charge in [-0.25, -0.2) is 8.42 Å². The number of aliphatic hydroxyl groups excluding tert-OH is 2. The Morgan fingerprint density at radius 1 is 1.30 bits per heavy atom. The molecule has 1 aromatic carbocycles. The summed E-state index contributed by atoms with van der Waals surface area (Å²) >= 11 is 0. The Bertz CT molecular complexity index is 628. The van der Waals surface area contributed by atoms with Crippen molar-refractivity contribution in [3.05, 3.63) is 24.3 Å². The van der Waals surface area contributed by atoms with Crippen LogP contribution in [0.1, 0.15) is 13.8 Å². The van der Waals surface area contributed by atoms with E-state index in [2.05, 4.69) is 10.0 Å². The highest BCUT2D eigenvalue weighted by Gasteiger charge is 2.32. The van der Waals surface area contributed by atoms with Gasteiger partial charge in [0, 0.05) is 23.3 Å². The van der Waals surface area contributed by atoms with Gasteiger partial charge in [0.05, 0.1) is 12.4 Å². The van der Waals surface area contributed by atoms with Crippen LogP contribution in [-0.4, -0.2) is 49.5 Å². The van der Waals surface area contributed by atoms with E-state index in [0.717, 1.165) is 0 Å². The topological polar surface area (TPSA) is 142 Å². The number of rotatable bonds is 8. The van der Waals surface area contributed by atoms with E-state index in [0.29, 0.717) is 11.4 Å². The lowest BCUT2D eigenvalue weighted by Gasteiger charge is -2.27. The van der Waals surface area contributed by atoms with E-state index in [-0.39, 0.29) is 18.9 Å². The Balaban J connectivity index is 2.51. The van der Waals surface area contributed by atoms with Crippen molar-refractivity contribution in [3.63, 3.8) is 0 Å². The minimum Gasteiger partial charge on any atom is -0.399 e. The summed E-state index contributed by atoms with van der Waals surface area (Å²) in [4.78, 5) is 11.7. The molecule has 8 nitrogen and oxygen atoms in total. The Morgan fingerprint density at radius 2 is 1.87 bits per heavy atom. The van der Waals surface area contributed by atoms with Crippen LogP contribution in [-0.2, 0) is 14.8 Å². The average molecular weight is 345 g/mol. The van der Waals surface area contributed by atoms with Crippen molar-refractivity contribution in [1.29, 1.82) is 0 Å². The van der Waals surface area contributed by atoms with Crippen LogP contribution in [0.4, 0.5) is 11.4 Å². The summed E-state index contributed by atoms with van der Waals surface area (Å²) in [5, 5.41) is 21.2. The van der Waals surface area contributed by atoms with Crippen LogP contribution in [0, 0.1) is 5.41 Å². The van der Waals surface area contributed by atoms with Crippen molar-refractivity contribution >= 4 is 27.3 Å². The summed E-state index contributed by atoms with van der Waals surface area (Å²) in [6.45, 7) is 2.51. The van der Waals surface area contributed by atoms with E-state index in [1.54, 1.807) is 12.1 Å². The van der Waals surface area contributed by atoms with Crippen molar-refractivity contribution < 1.29 is 23.4 Å². The Labute approximate surface area is 135 Å². The maximum Gasteiger partial charge on any atom is 0.249 e. The van der Waals surface area contributed by atoms with Gasteiger partial charge in [0.1, 0.15) is 6.10 Å². The number of anilines is 2. The molecule has 0 aliphatic heterocycles. The molecule has 1 aromatic rings. The third-order valence-electron chi connectivity index (χ3n) is 3.25. The number of carbonyl (C=O) groups is 1. The van der Waals surface area contributed by atoms with Crippen molar-refractivity contribution in [3.8, 4) is 0 Å². The first-order valence-electron chi connectivity index (χ1n) is 7.00. The molecule has 6 N–H and O–H groups in total. The molecule has 0 bridgehead atoms. The predicted molar refractivity (Wildman–Crippen MR) is 88.1 cm³/mol. The van der Waals surface area contributed by atoms with Gasteiger partial charge in [0.25, 0.3) is 0 Å². The van der Waals surface area contributed by atoms with Crippen LogP contribution in [0.25, 0.3) is 0 Å². The minimum absolute atomic E-state index is 0.165. The molecule has 0 radical (unpaired) electrons.